The number of aryl methyl sites for hydroxylation is 3. The molecule has 0 saturated heterocycles. The molecule has 32 heavy (non-hydrogen) atoms. The molecule has 4 rings (SSSR count). The van der Waals surface area contributed by atoms with Crippen LogP contribution < -0.4 is 10.6 Å². The van der Waals surface area contributed by atoms with Crippen LogP contribution in [0, 0.1) is 20.8 Å². The van der Waals surface area contributed by atoms with Crippen LogP contribution in [0.5, 0.6) is 0 Å². The number of hydrogen-bond acceptors (Lipinski definition) is 1. The summed E-state index contributed by atoms with van der Waals surface area (Å²) in [7, 11) is 0. The number of nitrogens with one attached hydrogen (secondary N) is 2. The van der Waals surface area contributed by atoms with E-state index < -0.39 is 0 Å². The number of hydrogen-bond donors (Lipinski definition) is 3. The summed E-state index contributed by atoms with van der Waals surface area (Å²) in [6, 6.07) is 23.0. The van der Waals surface area contributed by atoms with Gasteiger partial charge >= 0.3 is 0 Å². The van der Waals surface area contributed by atoms with Crippen LogP contribution in [0.25, 0.3) is 10.9 Å². The van der Waals surface area contributed by atoms with Gasteiger partial charge in [-0.05, 0) is 56.0 Å². The maximum absolute atomic E-state index is 13.0. The highest BCUT2D eigenvalue weighted by molar-refractivity contribution is 5.95. The van der Waals surface area contributed by atoms with Gasteiger partial charge in [-0.1, -0.05) is 66.2 Å². The first kappa shape index (κ1) is 21.8. The molecule has 0 aliphatic carbocycles. The predicted molar refractivity (Wildman–Crippen MR) is 132 cm³/mol. The molecule has 0 spiro atoms. The molecular formula is C28H32N3O+. The summed E-state index contributed by atoms with van der Waals surface area (Å²) < 4.78 is 0. The lowest BCUT2D eigenvalue weighted by molar-refractivity contribution is -0.674. The van der Waals surface area contributed by atoms with Crippen LogP contribution in [-0.2, 0) is 4.79 Å². The minimum atomic E-state index is -0.202. The second-order valence-corrected chi connectivity index (χ2v) is 8.78. The summed E-state index contributed by atoms with van der Waals surface area (Å²) >= 11 is 0. The molecule has 0 unspecified atom stereocenters. The summed E-state index contributed by atoms with van der Waals surface area (Å²) in [6.45, 7) is 8.94. The summed E-state index contributed by atoms with van der Waals surface area (Å²) in [4.78, 5) is 16.4. The second-order valence-electron chi connectivity index (χ2n) is 8.78. The quantitative estimate of drug-likeness (QED) is 0.390. The van der Waals surface area contributed by atoms with Gasteiger partial charge in [-0.2, -0.15) is 0 Å². The molecular weight excluding hydrogens is 394 g/mol. The fraction of sp³-hybridized carbons (Fsp3) is 0.250. The Morgan fingerprint density at radius 2 is 1.62 bits per heavy atom. The fourth-order valence-electron chi connectivity index (χ4n) is 4.57. The Kier molecular flexibility index (Phi) is 6.42. The van der Waals surface area contributed by atoms with Gasteiger partial charge in [0.1, 0.15) is 0 Å². The van der Waals surface area contributed by atoms with E-state index >= 15 is 0 Å². The molecule has 0 aliphatic heterocycles. The number of H-pyrrole nitrogens is 1. The maximum atomic E-state index is 13.0. The van der Waals surface area contributed by atoms with Crippen LogP contribution in [0.3, 0.4) is 0 Å². The Labute approximate surface area is 190 Å². The van der Waals surface area contributed by atoms with E-state index in [9.17, 15) is 4.79 Å². The number of carbonyl (C=O) groups is 1. The number of carbonyl (C=O) groups excluding carboxylic acids is 1. The van der Waals surface area contributed by atoms with Crippen molar-refractivity contribution in [2.45, 2.75) is 39.7 Å². The molecule has 1 amide bonds. The summed E-state index contributed by atoms with van der Waals surface area (Å²) in [5.74, 6) is 0.219. The van der Waals surface area contributed by atoms with Crippen molar-refractivity contribution in [1.82, 2.24) is 4.98 Å². The molecule has 0 aliphatic rings. The topological polar surface area (TPSA) is 61.5 Å². The van der Waals surface area contributed by atoms with Crippen LogP contribution in [0.1, 0.15) is 40.7 Å². The molecule has 4 aromatic rings. The number of fused-ring (bicyclic) bond motifs is 1. The van der Waals surface area contributed by atoms with Crippen LogP contribution in [-0.4, -0.2) is 23.5 Å². The van der Waals surface area contributed by atoms with Gasteiger partial charge in [0.2, 0.25) is 0 Å². The average Bonchev–Trinajstić information content (AvgIpc) is 3.21. The number of nitrogens with two attached hydrogens (primary N) is 1. The number of aromatic amines is 1. The zero-order valence-corrected chi connectivity index (χ0v) is 19.3. The number of amides is 1. The first-order valence-electron chi connectivity index (χ1n) is 11.3. The third kappa shape index (κ3) is 4.61. The Balaban J connectivity index is 1.53. The normalized spacial score (nSPS) is 13.1. The van der Waals surface area contributed by atoms with Crippen molar-refractivity contribution in [3.63, 3.8) is 0 Å². The van der Waals surface area contributed by atoms with Gasteiger partial charge in [0, 0.05) is 22.8 Å². The lowest BCUT2D eigenvalue weighted by Crippen LogP contribution is -2.92. The van der Waals surface area contributed by atoms with E-state index in [4.69, 9.17) is 0 Å². The number of quaternary nitrogens is 1. The number of rotatable bonds is 7. The van der Waals surface area contributed by atoms with E-state index in [1.54, 1.807) is 0 Å². The number of para-hydroxylation sites is 1. The van der Waals surface area contributed by atoms with Crippen molar-refractivity contribution in [1.29, 1.82) is 0 Å². The maximum Gasteiger partial charge on any atom is 0.282 e. The summed E-state index contributed by atoms with van der Waals surface area (Å²) in [6.07, 6.45) is 2.11. The Morgan fingerprint density at radius 1 is 0.969 bits per heavy atom. The molecule has 4 heteroatoms. The van der Waals surface area contributed by atoms with Gasteiger partial charge in [-0.15, -0.1) is 0 Å². The van der Waals surface area contributed by atoms with Gasteiger partial charge in [0.25, 0.3) is 5.91 Å². The zero-order chi connectivity index (χ0) is 22.7. The Morgan fingerprint density at radius 3 is 2.34 bits per heavy atom. The molecule has 2 atom stereocenters. The molecule has 0 fully saturated rings. The van der Waals surface area contributed by atoms with E-state index in [1.807, 2.05) is 32.9 Å². The van der Waals surface area contributed by atoms with Crippen LogP contribution in [0.2, 0.25) is 0 Å². The molecule has 1 aromatic heterocycles. The molecule has 0 bridgehead atoms. The fourth-order valence-corrected chi connectivity index (χ4v) is 4.57. The van der Waals surface area contributed by atoms with Crippen molar-refractivity contribution in [2.75, 3.05) is 11.9 Å². The lowest BCUT2D eigenvalue weighted by atomic mass is 9.90. The third-order valence-electron chi connectivity index (χ3n) is 6.26. The van der Waals surface area contributed by atoms with Gasteiger partial charge in [-0.3, -0.25) is 4.79 Å². The monoisotopic (exact) mass is 426 g/mol. The summed E-state index contributed by atoms with van der Waals surface area (Å²) in [5.41, 5.74) is 8.00. The molecule has 0 saturated carbocycles. The first-order valence-corrected chi connectivity index (χ1v) is 11.3. The van der Waals surface area contributed by atoms with E-state index in [2.05, 4.69) is 83.3 Å². The van der Waals surface area contributed by atoms with E-state index in [0.717, 1.165) is 28.9 Å². The minimum absolute atomic E-state index is 0.0331. The van der Waals surface area contributed by atoms with Crippen molar-refractivity contribution < 1.29 is 10.1 Å². The molecule has 0 radical (unpaired) electrons. The van der Waals surface area contributed by atoms with E-state index in [0.29, 0.717) is 0 Å². The molecule has 4 N–H and O–H groups in total. The van der Waals surface area contributed by atoms with Crippen molar-refractivity contribution in [3.8, 4) is 0 Å². The average molecular weight is 427 g/mol. The highest BCUT2D eigenvalue weighted by Gasteiger charge is 2.24. The van der Waals surface area contributed by atoms with E-state index in [1.165, 1.54) is 22.1 Å². The highest BCUT2D eigenvalue weighted by atomic mass is 16.2. The molecule has 3 aromatic carbocycles. The number of anilines is 1. The standard InChI is InChI=1S/C28H31N3O/c1-18-14-19(2)27(20(3)15-18)31-28(32)21(4)29-16-24(22-10-6-5-7-11-22)25-17-30-26-13-9-8-12-23(25)26/h5-15,17,21,24,29-30H,16H2,1-4H3,(H,31,32)/p+1/t21-,24-/m0/s1. The van der Waals surface area contributed by atoms with Crippen LogP contribution in [0.4, 0.5) is 5.69 Å². The van der Waals surface area contributed by atoms with Crippen LogP contribution >= 0.6 is 0 Å². The Bertz CT molecular complexity index is 1200. The smallest absolute Gasteiger partial charge is 0.282 e. The van der Waals surface area contributed by atoms with Gasteiger partial charge in [-0.25, -0.2) is 0 Å². The summed E-state index contributed by atoms with van der Waals surface area (Å²) in [5, 5.41) is 6.54. The largest absolute Gasteiger partial charge is 0.361 e. The second kappa shape index (κ2) is 9.41. The minimum Gasteiger partial charge on any atom is -0.361 e. The molecule has 4 nitrogen and oxygen atoms in total. The highest BCUT2D eigenvalue weighted by Crippen LogP contribution is 2.30. The predicted octanol–water partition coefficient (Wildman–Crippen LogP) is 4.82. The van der Waals surface area contributed by atoms with Crippen molar-refractivity contribution >= 4 is 22.5 Å². The third-order valence-corrected chi connectivity index (χ3v) is 6.26. The van der Waals surface area contributed by atoms with E-state index in [-0.39, 0.29) is 17.9 Å². The SMILES string of the molecule is Cc1cc(C)c(NC(=O)[C@H](C)[NH2+]C[C@@H](c2ccccc2)c2c[nH]c3ccccc23)c(C)c1. The lowest BCUT2D eigenvalue weighted by Gasteiger charge is -2.19. The number of aromatic nitrogens is 1. The first-order chi connectivity index (χ1) is 15.4. The number of benzene rings is 3. The molecule has 1 heterocycles. The molecule has 164 valence electrons. The van der Waals surface area contributed by atoms with Gasteiger partial charge < -0.3 is 15.6 Å². The Hall–Kier alpha value is -3.37. The van der Waals surface area contributed by atoms with Gasteiger partial charge in [0.15, 0.2) is 6.04 Å². The van der Waals surface area contributed by atoms with Crippen molar-refractivity contribution in [3.05, 3.63) is 101 Å². The zero-order valence-electron chi connectivity index (χ0n) is 19.3. The van der Waals surface area contributed by atoms with Crippen molar-refractivity contribution in [2.24, 2.45) is 0 Å². The van der Waals surface area contributed by atoms with Gasteiger partial charge in [0.05, 0.1) is 12.5 Å². The van der Waals surface area contributed by atoms with Crippen LogP contribution in [0.15, 0.2) is 72.9 Å².